The predicted molar refractivity (Wildman–Crippen MR) is 59.7 cm³/mol. The summed E-state index contributed by atoms with van der Waals surface area (Å²) >= 11 is 5.31. The van der Waals surface area contributed by atoms with Gasteiger partial charge in [-0.25, -0.2) is 8.42 Å². The highest BCUT2D eigenvalue weighted by molar-refractivity contribution is 7.91. The first-order valence-corrected chi connectivity index (χ1v) is 6.72. The molecule has 0 amide bonds. The Morgan fingerprint density at radius 2 is 2.00 bits per heavy atom. The van der Waals surface area contributed by atoms with Crippen LogP contribution >= 0.6 is 11.6 Å². The van der Waals surface area contributed by atoms with Gasteiger partial charge in [0.05, 0.1) is 4.90 Å². The van der Waals surface area contributed by atoms with Crippen molar-refractivity contribution in [3.05, 3.63) is 35.2 Å². The Hall–Kier alpha value is -1.80. The molecule has 0 aliphatic heterocycles. The summed E-state index contributed by atoms with van der Waals surface area (Å²) in [5.74, 6) is -0.533. The maximum absolute atomic E-state index is 12.2. The zero-order valence-electron chi connectivity index (χ0n) is 8.87. The van der Waals surface area contributed by atoms with Crippen molar-refractivity contribution in [1.82, 2.24) is 5.16 Å². The summed E-state index contributed by atoms with van der Waals surface area (Å²) in [6.07, 6.45) is 0. The van der Waals surface area contributed by atoms with E-state index in [1.807, 2.05) is 5.16 Å². The zero-order valence-corrected chi connectivity index (χ0v) is 10.4. The summed E-state index contributed by atoms with van der Waals surface area (Å²) < 4.78 is 33.3. The number of sulfone groups is 1. The smallest absolute Gasteiger partial charge is 0.437 e. The molecule has 0 spiro atoms. The van der Waals surface area contributed by atoms with Crippen LogP contribution in [0.1, 0.15) is 0 Å². The normalized spacial score (nSPS) is 11.4. The van der Waals surface area contributed by atoms with Gasteiger partial charge in [0.25, 0.3) is 9.84 Å². The van der Waals surface area contributed by atoms with Gasteiger partial charge in [-0.15, -0.1) is 0 Å². The molecule has 0 aliphatic carbocycles. The van der Waals surface area contributed by atoms with Gasteiger partial charge in [-0.2, -0.15) is 0 Å². The average molecular weight is 292 g/mol. The molecule has 0 bridgehead atoms. The van der Waals surface area contributed by atoms with Gasteiger partial charge in [0.2, 0.25) is 4.60 Å². The molecule has 96 valence electrons. The highest BCUT2D eigenvalue weighted by Crippen LogP contribution is 2.24. The highest BCUT2D eigenvalue weighted by Gasteiger charge is 2.35. The van der Waals surface area contributed by atoms with Crippen LogP contribution in [0.5, 0.6) is 5.88 Å². The van der Waals surface area contributed by atoms with E-state index in [-0.39, 0.29) is 15.6 Å². The third kappa shape index (κ3) is 2.12. The van der Waals surface area contributed by atoms with Crippen LogP contribution in [-0.4, -0.2) is 19.6 Å². The lowest BCUT2D eigenvalue weighted by atomic mass is 10.4. The summed E-state index contributed by atoms with van der Waals surface area (Å²) in [7, 11) is -3.92. The van der Waals surface area contributed by atoms with E-state index in [2.05, 4.69) is 4.63 Å². The number of nitrogens with zero attached hydrogens (tertiary/aromatic N) is 1. The fraction of sp³-hybridized carbons (Fsp3) is 0.111. The molecule has 0 aliphatic rings. The van der Waals surface area contributed by atoms with Crippen molar-refractivity contribution in [2.75, 3.05) is 6.07 Å². The van der Waals surface area contributed by atoms with Gasteiger partial charge in [0, 0.05) is 0 Å². The molecule has 1 aromatic heterocycles. The van der Waals surface area contributed by atoms with Crippen LogP contribution in [0.3, 0.4) is 0 Å². The zero-order chi connectivity index (χ0) is 13.2. The first kappa shape index (κ1) is 12.7. The largest absolute Gasteiger partial charge is 0.440 e. The second-order valence-electron chi connectivity index (χ2n) is 3.15. The number of rotatable bonds is 4. The minimum absolute atomic E-state index is 0.00192. The second-order valence-corrected chi connectivity index (χ2v) is 5.26. The number of halogens is 1. The number of ether oxygens (including phenoxy) is 1. The first-order chi connectivity index (χ1) is 8.57. The van der Waals surface area contributed by atoms with E-state index < -0.39 is 20.7 Å². The van der Waals surface area contributed by atoms with Gasteiger partial charge in [-0.3, -0.25) is 0 Å². The Bertz CT molecular complexity index is 691. The lowest BCUT2D eigenvalue weighted by Gasteiger charge is -1.98. The molecule has 0 saturated heterocycles. The fourth-order valence-corrected chi connectivity index (χ4v) is 2.67. The second kappa shape index (κ2) is 4.83. The van der Waals surface area contributed by atoms with Crippen LogP contribution in [0.4, 0.5) is 0 Å². The minimum Gasteiger partial charge on any atom is -0.437 e. The molecule has 2 aromatic rings. The van der Waals surface area contributed by atoms with Crippen LogP contribution < -0.4 is 9.34 Å². The van der Waals surface area contributed by atoms with Gasteiger partial charge in [-0.1, -0.05) is 39.6 Å². The number of aromatic nitrogens is 2. The molecule has 0 atom stereocenters. The van der Waals surface area contributed by atoms with Crippen molar-refractivity contribution >= 4 is 21.4 Å². The summed E-state index contributed by atoms with van der Waals surface area (Å²) in [6.45, 7) is 0. The molecule has 7 nitrogen and oxygen atoms in total. The minimum atomic E-state index is -3.92. The molecule has 9 heteroatoms. The van der Waals surface area contributed by atoms with Crippen molar-refractivity contribution in [1.29, 1.82) is 0 Å². The number of benzene rings is 1. The Morgan fingerprint density at radius 1 is 1.33 bits per heavy atom. The van der Waals surface area contributed by atoms with E-state index in [9.17, 15) is 13.3 Å². The average Bonchev–Trinajstić information content (AvgIpc) is 2.73. The van der Waals surface area contributed by atoms with Gasteiger partial charge in [-0.05, 0) is 17.0 Å². The van der Waals surface area contributed by atoms with Crippen molar-refractivity contribution in [3.63, 3.8) is 0 Å². The predicted octanol–water partition coefficient (Wildman–Crippen LogP) is 0.930. The van der Waals surface area contributed by atoms with Crippen LogP contribution in [0.2, 0.25) is 0 Å². The number of hydrogen-bond donors (Lipinski definition) is 1. The summed E-state index contributed by atoms with van der Waals surface area (Å²) in [4.78, 5) is 11.2. The molecule has 0 radical (unpaired) electrons. The summed E-state index contributed by atoms with van der Waals surface area (Å²) in [6, 6.07) is 7.17. The molecule has 1 heterocycles. The molecule has 1 N–H and O–H groups in total. The number of nitrogens with one attached hydrogen (secondary N) is 1. The molecule has 18 heavy (non-hydrogen) atoms. The topological polar surface area (TPSA) is 95.3 Å². The van der Waals surface area contributed by atoms with Crippen LogP contribution in [-0.2, 0) is 9.84 Å². The van der Waals surface area contributed by atoms with Crippen LogP contribution in [0.25, 0.3) is 0 Å². The quantitative estimate of drug-likeness (QED) is 0.846. The van der Waals surface area contributed by atoms with Gasteiger partial charge in [0.15, 0.2) is 6.07 Å². The summed E-state index contributed by atoms with van der Waals surface area (Å²) in [5, 5.41) is 1.52. The van der Waals surface area contributed by atoms with E-state index in [0.29, 0.717) is 0 Å². The van der Waals surface area contributed by atoms with Crippen molar-refractivity contribution in [3.8, 4) is 5.88 Å². The highest BCUT2D eigenvalue weighted by atomic mass is 35.5. The van der Waals surface area contributed by atoms with Crippen molar-refractivity contribution in [2.45, 2.75) is 9.92 Å². The SMILES string of the molecule is O=[n+]1o[nH]c(S(=O)(=O)c2ccccc2)c1OCCl. The van der Waals surface area contributed by atoms with E-state index >= 15 is 0 Å². The van der Waals surface area contributed by atoms with Crippen molar-refractivity contribution in [2.24, 2.45) is 0 Å². The lowest BCUT2D eigenvalue weighted by Crippen LogP contribution is -2.15. The molecular weight excluding hydrogens is 284 g/mol. The molecule has 0 saturated carbocycles. The van der Waals surface area contributed by atoms with Crippen molar-refractivity contribution < 1.29 is 22.4 Å². The van der Waals surface area contributed by atoms with Gasteiger partial charge in [0.1, 0.15) is 0 Å². The maximum atomic E-state index is 12.2. The third-order valence-electron chi connectivity index (χ3n) is 2.09. The van der Waals surface area contributed by atoms with Crippen LogP contribution in [0.15, 0.2) is 44.9 Å². The van der Waals surface area contributed by atoms with E-state index in [1.165, 1.54) is 12.1 Å². The molecule has 2 rings (SSSR count). The number of aromatic amines is 1. The maximum Gasteiger partial charge on any atom is 0.440 e. The number of hydrogen-bond acceptors (Lipinski definition) is 5. The van der Waals surface area contributed by atoms with E-state index in [1.54, 1.807) is 18.2 Å². The Balaban J connectivity index is 2.59. The fourth-order valence-electron chi connectivity index (χ4n) is 1.31. The number of H-pyrrole nitrogens is 1. The van der Waals surface area contributed by atoms with Gasteiger partial charge >= 0.3 is 10.9 Å². The Morgan fingerprint density at radius 3 is 2.61 bits per heavy atom. The van der Waals surface area contributed by atoms with Crippen LogP contribution in [0, 0.1) is 4.91 Å². The summed E-state index contributed by atoms with van der Waals surface area (Å²) in [5.41, 5.74) is 0. The molecule has 0 unspecified atom stereocenters. The first-order valence-electron chi connectivity index (χ1n) is 4.71. The monoisotopic (exact) mass is 291 g/mol. The van der Waals surface area contributed by atoms with E-state index in [4.69, 9.17) is 16.3 Å². The Kier molecular flexibility index (Phi) is 3.39. The van der Waals surface area contributed by atoms with E-state index in [0.717, 1.165) is 0 Å². The van der Waals surface area contributed by atoms with Gasteiger partial charge < -0.3 is 4.74 Å². The lowest BCUT2D eigenvalue weighted by molar-refractivity contribution is -0.717. The number of alkyl halides is 1. The Labute approximate surface area is 106 Å². The third-order valence-corrected chi connectivity index (χ3v) is 3.89. The molecular formula is C9H8ClN2O5S+. The standard InChI is InChI=1S/C9H8ClN2O5S/c10-6-16-9-8(11-17-12(9)13)18(14,15)7-4-2-1-3-5-7/h1-5,11H,6H2/q+1. The molecule has 1 aromatic carbocycles. The molecule has 0 fully saturated rings.